The molecule has 0 radical (unpaired) electrons. The largest absolute Gasteiger partial charge is 0.487 e. The number of ether oxygens (including phenoxy) is 1. The third kappa shape index (κ3) is 3.08. The lowest BCUT2D eigenvalue weighted by atomic mass is 10.4. The molecule has 0 aliphatic rings. The minimum atomic E-state index is 0.892. The first kappa shape index (κ1) is 11.2. The molecule has 0 aliphatic carbocycles. The van der Waals surface area contributed by atoms with Gasteiger partial charge in [0.15, 0.2) is 5.06 Å². The molecule has 0 unspecified atom stereocenters. The molecule has 0 aromatic carbocycles. The first-order valence-electron chi connectivity index (χ1n) is 5.17. The Morgan fingerprint density at radius 3 is 3.12 bits per heavy atom. The quantitative estimate of drug-likeness (QED) is 0.778. The van der Waals surface area contributed by atoms with Gasteiger partial charge in [-0.15, -0.1) is 11.3 Å². The van der Waals surface area contributed by atoms with Crippen LogP contribution in [0.3, 0.4) is 0 Å². The van der Waals surface area contributed by atoms with Crippen molar-refractivity contribution in [2.24, 2.45) is 0 Å². The summed E-state index contributed by atoms with van der Waals surface area (Å²) in [4.78, 5) is 5.29. The highest BCUT2D eigenvalue weighted by molar-refractivity contribution is 7.13. The predicted octanol–water partition coefficient (Wildman–Crippen LogP) is 1.74. The second kappa shape index (κ2) is 5.67. The normalized spacial score (nSPS) is 10.6. The molecule has 5 heteroatoms. The van der Waals surface area contributed by atoms with E-state index in [1.54, 1.807) is 24.6 Å². The molecule has 0 fully saturated rings. The van der Waals surface area contributed by atoms with Crippen LogP contribution >= 0.6 is 11.3 Å². The molecule has 0 saturated carbocycles. The molecule has 0 spiro atoms. The summed E-state index contributed by atoms with van der Waals surface area (Å²) in [6, 6.07) is 4.09. The number of nitrogens with zero attached hydrogens (tertiary/aromatic N) is 2. The summed E-state index contributed by atoms with van der Waals surface area (Å²) in [5, 5.41) is 4.35. The molecule has 1 N–H and O–H groups in total. The van der Waals surface area contributed by atoms with Gasteiger partial charge >= 0.3 is 0 Å². The topological polar surface area (TPSA) is 39.1 Å². The van der Waals surface area contributed by atoms with Gasteiger partial charge in [0.05, 0.1) is 13.4 Å². The zero-order valence-corrected chi connectivity index (χ0v) is 10.0. The van der Waals surface area contributed by atoms with Crippen LogP contribution in [0.5, 0.6) is 5.06 Å². The lowest BCUT2D eigenvalue weighted by molar-refractivity contribution is 0.427. The third-order valence-corrected chi connectivity index (χ3v) is 3.29. The molecule has 0 saturated heterocycles. The van der Waals surface area contributed by atoms with E-state index in [-0.39, 0.29) is 0 Å². The molecule has 2 heterocycles. The van der Waals surface area contributed by atoms with Crippen LogP contribution in [0, 0.1) is 0 Å². The highest BCUT2D eigenvalue weighted by Crippen LogP contribution is 2.23. The molecule has 0 bridgehead atoms. The van der Waals surface area contributed by atoms with Gasteiger partial charge < -0.3 is 14.6 Å². The summed E-state index contributed by atoms with van der Waals surface area (Å²) in [6.07, 6.45) is 5.59. The predicted molar refractivity (Wildman–Crippen MR) is 64.8 cm³/mol. The van der Waals surface area contributed by atoms with E-state index in [9.17, 15) is 0 Å². The van der Waals surface area contributed by atoms with Crippen molar-refractivity contribution in [1.29, 1.82) is 0 Å². The van der Waals surface area contributed by atoms with E-state index >= 15 is 0 Å². The summed E-state index contributed by atoms with van der Waals surface area (Å²) >= 11 is 1.68. The van der Waals surface area contributed by atoms with Crippen molar-refractivity contribution in [1.82, 2.24) is 14.9 Å². The molecule has 86 valence electrons. The molecule has 2 aromatic rings. The molecule has 0 atom stereocenters. The molecular weight excluding hydrogens is 222 g/mol. The van der Waals surface area contributed by atoms with Crippen molar-refractivity contribution < 1.29 is 4.74 Å². The fourth-order valence-corrected chi connectivity index (χ4v) is 2.19. The number of nitrogens with one attached hydrogen (secondary N) is 1. The fraction of sp³-hybridized carbons (Fsp3) is 0.364. The number of hydrogen-bond acceptors (Lipinski definition) is 4. The van der Waals surface area contributed by atoms with Crippen LogP contribution in [0.4, 0.5) is 0 Å². The number of hydrogen-bond donors (Lipinski definition) is 1. The SMILES string of the molecule is COc1ccc(CNCCn2ccnc2)s1. The van der Waals surface area contributed by atoms with Gasteiger partial charge in [-0.05, 0) is 12.1 Å². The van der Waals surface area contributed by atoms with Crippen LogP contribution in [0.1, 0.15) is 4.88 Å². The van der Waals surface area contributed by atoms with Crippen LogP contribution in [-0.4, -0.2) is 23.2 Å². The van der Waals surface area contributed by atoms with Gasteiger partial charge in [0, 0.05) is 36.9 Å². The van der Waals surface area contributed by atoms with Gasteiger partial charge in [0.2, 0.25) is 0 Å². The van der Waals surface area contributed by atoms with Crippen LogP contribution in [0.15, 0.2) is 30.9 Å². The van der Waals surface area contributed by atoms with Gasteiger partial charge in [-0.25, -0.2) is 4.98 Å². The van der Waals surface area contributed by atoms with E-state index in [0.717, 1.165) is 24.7 Å². The standard InChI is InChI=1S/C11H15N3OS/c1-15-11-3-2-10(16-11)8-12-4-6-14-7-5-13-9-14/h2-3,5,7,9,12H,4,6,8H2,1H3. The van der Waals surface area contributed by atoms with E-state index in [4.69, 9.17) is 4.74 Å². The average Bonchev–Trinajstić information content (AvgIpc) is 2.95. The Kier molecular flexibility index (Phi) is 3.96. The maximum absolute atomic E-state index is 5.14. The molecule has 0 amide bonds. The van der Waals surface area contributed by atoms with E-state index < -0.39 is 0 Å². The van der Waals surface area contributed by atoms with E-state index in [0.29, 0.717) is 0 Å². The summed E-state index contributed by atoms with van der Waals surface area (Å²) in [6.45, 7) is 2.78. The Labute approximate surface area is 98.9 Å². The highest BCUT2D eigenvalue weighted by Gasteiger charge is 1.98. The fourth-order valence-electron chi connectivity index (χ4n) is 1.40. The zero-order chi connectivity index (χ0) is 11.2. The Bertz CT molecular complexity index is 411. The number of rotatable bonds is 6. The number of aromatic nitrogens is 2. The smallest absolute Gasteiger partial charge is 0.173 e. The Morgan fingerprint density at radius 2 is 2.44 bits per heavy atom. The van der Waals surface area contributed by atoms with E-state index in [1.165, 1.54) is 4.88 Å². The van der Waals surface area contributed by atoms with Gasteiger partial charge in [-0.2, -0.15) is 0 Å². The highest BCUT2D eigenvalue weighted by atomic mass is 32.1. The molecule has 2 rings (SSSR count). The Morgan fingerprint density at radius 1 is 1.50 bits per heavy atom. The van der Waals surface area contributed by atoms with Gasteiger partial charge in [-0.1, -0.05) is 0 Å². The van der Waals surface area contributed by atoms with Crippen molar-refractivity contribution in [3.8, 4) is 5.06 Å². The summed E-state index contributed by atoms with van der Waals surface area (Å²) in [5.41, 5.74) is 0. The lowest BCUT2D eigenvalue weighted by Crippen LogP contribution is -2.18. The van der Waals surface area contributed by atoms with Crippen molar-refractivity contribution >= 4 is 11.3 Å². The summed E-state index contributed by atoms with van der Waals surface area (Å²) in [7, 11) is 1.70. The first-order chi connectivity index (χ1) is 7.88. The van der Waals surface area contributed by atoms with Crippen molar-refractivity contribution in [3.05, 3.63) is 35.7 Å². The van der Waals surface area contributed by atoms with Gasteiger partial charge in [0.25, 0.3) is 0 Å². The second-order valence-corrected chi connectivity index (χ2v) is 4.53. The monoisotopic (exact) mass is 237 g/mol. The molecule has 2 aromatic heterocycles. The van der Waals surface area contributed by atoms with Gasteiger partial charge in [0.1, 0.15) is 0 Å². The number of methoxy groups -OCH3 is 1. The van der Waals surface area contributed by atoms with Crippen LogP contribution in [-0.2, 0) is 13.1 Å². The second-order valence-electron chi connectivity index (χ2n) is 3.40. The Hall–Kier alpha value is -1.33. The van der Waals surface area contributed by atoms with Gasteiger partial charge in [-0.3, -0.25) is 0 Å². The maximum atomic E-state index is 5.14. The van der Waals surface area contributed by atoms with Crippen LogP contribution < -0.4 is 10.1 Å². The number of imidazole rings is 1. The maximum Gasteiger partial charge on any atom is 0.173 e. The third-order valence-electron chi connectivity index (χ3n) is 2.24. The summed E-state index contributed by atoms with van der Waals surface area (Å²) < 4.78 is 7.20. The van der Waals surface area contributed by atoms with E-state index in [1.807, 2.05) is 18.6 Å². The van der Waals surface area contributed by atoms with E-state index in [2.05, 4.69) is 20.9 Å². The molecule has 16 heavy (non-hydrogen) atoms. The van der Waals surface area contributed by atoms with Crippen LogP contribution in [0.25, 0.3) is 0 Å². The van der Waals surface area contributed by atoms with Crippen LogP contribution in [0.2, 0.25) is 0 Å². The molecular formula is C11H15N3OS. The zero-order valence-electron chi connectivity index (χ0n) is 9.22. The minimum Gasteiger partial charge on any atom is -0.487 e. The average molecular weight is 237 g/mol. The summed E-state index contributed by atoms with van der Waals surface area (Å²) in [5.74, 6) is 0. The van der Waals surface area contributed by atoms with Crippen molar-refractivity contribution in [2.75, 3.05) is 13.7 Å². The first-order valence-corrected chi connectivity index (χ1v) is 5.99. The molecule has 4 nitrogen and oxygen atoms in total. The van der Waals surface area contributed by atoms with Crippen molar-refractivity contribution in [2.45, 2.75) is 13.1 Å². The minimum absolute atomic E-state index is 0.892. The van der Waals surface area contributed by atoms with Crippen molar-refractivity contribution in [3.63, 3.8) is 0 Å². The Balaban J connectivity index is 1.68. The molecule has 0 aliphatic heterocycles. The lowest BCUT2D eigenvalue weighted by Gasteiger charge is -2.03. The number of thiophene rings is 1.